The van der Waals surface area contributed by atoms with Crippen molar-refractivity contribution in [2.24, 2.45) is 0 Å². The van der Waals surface area contributed by atoms with E-state index in [4.69, 9.17) is 0 Å². The Morgan fingerprint density at radius 2 is 2.18 bits per heavy atom. The number of nitrogens with zero attached hydrogens (tertiary/aromatic N) is 3. The molecule has 3 aromatic rings. The number of carbonyl (C=O) groups excluding carboxylic acids is 1. The van der Waals surface area contributed by atoms with Gasteiger partial charge in [-0.25, -0.2) is 4.68 Å². The Labute approximate surface area is 162 Å². The Bertz CT molecular complexity index is 956. The van der Waals surface area contributed by atoms with Gasteiger partial charge in [-0.15, -0.1) is 11.3 Å². The van der Waals surface area contributed by atoms with Gasteiger partial charge in [-0.1, -0.05) is 12.1 Å². The first-order valence-corrected chi connectivity index (χ1v) is 9.43. The molecular weight excluding hydrogens is 391 g/mol. The number of halogens is 3. The molecule has 4 heterocycles. The molecule has 1 aliphatic heterocycles. The molecule has 0 saturated carbocycles. The lowest BCUT2D eigenvalue weighted by Gasteiger charge is -2.33. The van der Waals surface area contributed by atoms with Crippen molar-refractivity contribution in [1.29, 1.82) is 0 Å². The first-order valence-electron chi connectivity index (χ1n) is 8.56. The van der Waals surface area contributed by atoms with Gasteiger partial charge >= 0.3 is 6.18 Å². The van der Waals surface area contributed by atoms with Gasteiger partial charge < -0.3 is 10.6 Å². The maximum atomic E-state index is 13.6. The van der Waals surface area contributed by atoms with E-state index in [1.165, 1.54) is 17.5 Å². The summed E-state index contributed by atoms with van der Waals surface area (Å²) in [4.78, 5) is 17.5. The van der Waals surface area contributed by atoms with Crippen LogP contribution in [0.1, 0.15) is 39.4 Å². The van der Waals surface area contributed by atoms with Crippen LogP contribution in [0.5, 0.6) is 0 Å². The maximum Gasteiger partial charge on any atom is 0.410 e. The zero-order chi connectivity index (χ0) is 19.7. The van der Waals surface area contributed by atoms with Crippen LogP contribution in [0.15, 0.2) is 48.1 Å². The summed E-state index contributed by atoms with van der Waals surface area (Å²) < 4.78 is 41.7. The monoisotopic (exact) mass is 407 g/mol. The van der Waals surface area contributed by atoms with Crippen LogP contribution in [-0.2, 0) is 6.54 Å². The number of fused-ring (bicyclic) bond motifs is 1. The average molecular weight is 407 g/mol. The first-order chi connectivity index (χ1) is 13.4. The number of amides is 1. The minimum Gasteiger partial charge on any atom is -0.362 e. The Kier molecular flexibility index (Phi) is 4.80. The van der Waals surface area contributed by atoms with Crippen LogP contribution in [-0.4, -0.2) is 26.8 Å². The molecule has 0 spiro atoms. The zero-order valence-electron chi connectivity index (χ0n) is 14.5. The highest BCUT2D eigenvalue weighted by Gasteiger charge is 2.47. The van der Waals surface area contributed by atoms with Crippen LogP contribution in [0.4, 0.5) is 19.0 Å². The molecule has 0 aromatic carbocycles. The van der Waals surface area contributed by atoms with Crippen LogP contribution >= 0.6 is 11.3 Å². The van der Waals surface area contributed by atoms with Gasteiger partial charge in [0.05, 0.1) is 24.5 Å². The lowest BCUT2D eigenvalue weighted by Crippen LogP contribution is -2.36. The molecule has 1 aliphatic rings. The van der Waals surface area contributed by atoms with E-state index >= 15 is 0 Å². The Morgan fingerprint density at radius 1 is 1.32 bits per heavy atom. The lowest BCUT2D eigenvalue weighted by atomic mass is 10.0. The van der Waals surface area contributed by atoms with Crippen molar-refractivity contribution >= 4 is 23.1 Å². The predicted molar refractivity (Wildman–Crippen MR) is 98.0 cm³/mol. The smallest absolute Gasteiger partial charge is 0.362 e. The molecule has 0 bridgehead atoms. The summed E-state index contributed by atoms with van der Waals surface area (Å²) in [6.45, 7) is 0.168. The van der Waals surface area contributed by atoms with Crippen molar-refractivity contribution in [3.63, 3.8) is 0 Å². The molecule has 4 rings (SSSR count). The first kappa shape index (κ1) is 18.5. The van der Waals surface area contributed by atoms with Crippen molar-refractivity contribution in [3.8, 4) is 0 Å². The van der Waals surface area contributed by atoms with E-state index in [9.17, 15) is 18.0 Å². The molecule has 2 N–H and O–H groups in total. The van der Waals surface area contributed by atoms with Gasteiger partial charge in [-0.3, -0.25) is 9.78 Å². The van der Waals surface area contributed by atoms with E-state index in [1.807, 2.05) is 5.38 Å². The fourth-order valence-corrected chi connectivity index (χ4v) is 3.96. The zero-order valence-corrected chi connectivity index (χ0v) is 15.3. The summed E-state index contributed by atoms with van der Waals surface area (Å²) in [5.74, 6) is -0.433. The van der Waals surface area contributed by atoms with E-state index < -0.39 is 24.2 Å². The summed E-state index contributed by atoms with van der Waals surface area (Å²) in [7, 11) is 0. The third-order valence-corrected chi connectivity index (χ3v) is 5.51. The second-order valence-corrected chi connectivity index (χ2v) is 7.34. The van der Waals surface area contributed by atoms with Gasteiger partial charge in [0.25, 0.3) is 5.91 Å². The van der Waals surface area contributed by atoms with Crippen molar-refractivity contribution in [2.45, 2.75) is 31.2 Å². The molecule has 0 saturated heterocycles. The van der Waals surface area contributed by atoms with Crippen LogP contribution in [0.2, 0.25) is 0 Å². The average Bonchev–Trinajstić information content (AvgIpc) is 3.35. The SMILES string of the molecule is O=C(NCc1ccccn1)c1cnn2c1N[C@H](c1cccs1)C[C@H]2C(F)(F)F. The number of thiophene rings is 1. The van der Waals surface area contributed by atoms with Gasteiger partial charge in [0, 0.05) is 17.5 Å². The van der Waals surface area contributed by atoms with Crippen molar-refractivity contribution in [1.82, 2.24) is 20.1 Å². The van der Waals surface area contributed by atoms with Gasteiger partial charge in [0.15, 0.2) is 6.04 Å². The van der Waals surface area contributed by atoms with Gasteiger partial charge in [-0.05, 0) is 23.6 Å². The number of carbonyl (C=O) groups is 1. The minimum absolute atomic E-state index is 0.0745. The molecule has 6 nitrogen and oxygen atoms in total. The largest absolute Gasteiger partial charge is 0.410 e. The number of alkyl halides is 3. The van der Waals surface area contributed by atoms with E-state index in [-0.39, 0.29) is 24.3 Å². The normalized spacial score (nSPS) is 19.0. The maximum absolute atomic E-state index is 13.6. The number of anilines is 1. The third-order valence-electron chi connectivity index (χ3n) is 4.53. The van der Waals surface area contributed by atoms with Crippen LogP contribution in [0.3, 0.4) is 0 Å². The van der Waals surface area contributed by atoms with Crippen LogP contribution in [0.25, 0.3) is 0 Å². The van der Waals surface area contributed by atoms with Gasteiger partial charge in [-0.2, -0.15) is 18.3 Å². The number of hydrogen-bond donors (Lipinski definition) is 2. The highest BCUT2D eigenvalue weighted by Crippen LogP contribution is 2.44. The van der Waals surface area contributed by atoms with Gasteiger partial charge in [0.1, 0.15) is 11.4 Å². The summed E-state index contributed by atoms with van der Waals surface area (Å²) in [5.41, 5.74) is 0.723. The molecule has 2 atom stereocenters. The standard InChI is InChI=1S/C18H16F3N5OS/c19-18(20,21)15-8-13(14-5-3-7-28-14)25-16-12(10-24-26(15)16)17(27)23-9-11-4-1-2-6-22-11/h1-7,10,13,15,25H,8-9H2,(H,23,27)/t13-,15-/m0/s1. The number of aromatic nitrogens is 3. The van der Waals surface area contributed by atoms with Crippen LogP contribution < -0.4 is 10.6 Å². The van der Waals surface area contributed by atoms with Crippen molar-refractivity contribution < 1.29 is 18.0 Å². The fourth-order valence-electron chi connectivity index (χ4n) is 3.17. The molecule has 0 aliphatic carbocycles. The lowest BCUT2D eigenvalue weighted by molar-refractivity contribution is -0.173. The molecule has 3 aromatic heterocycles. The summed E-state index contributed by atoms with van der Waals surface area (Å²) in [5, 5.41) is 11.4. The molecule has 0 radical (unpaired) electrons. The Morgan fingerprint density at radius 3 is 2.86 bits per heavy atom. The number of rotatable bonds is 4. The summed E-state index contributed by atoms with van der Waals surface area (Å²) >= 11 is 1.37. The van der Waals surface area contributed by atoms with E-state index in [1.54, 1.807) is 36.5 Å². The highest BCUT2D eigenvalue weighted by molar-refractivity contribution is 7.10. The molecule has 28 heavy (non-hydrogen) atoms. The summed E-state index contributed by atoms with van der Waals surface area (Å²) in [6, 6.07) is 6.52. The second kappa shape index (κ2) is 7.27. The molecule has 10 heteroatoms. The second-order valence-electron chi connectivity index (χ2n) is 6.36. The van der Waals surface area contributed by atoms with E-state index in [2.05, 4.69) is 20.7 Å². The third kappa shape index (κ3) is 3.59. The molecule has 1 amide bonds. The van der Waals surface area contributed by atoms with Crippen LogP contribution in [0, 0.1) is 0 Å². The number of pyridine rings is 1. The molecule has 0 fully saturated rings. The Hall–Kier alpha value is -2.88. The highest BCUT2D eigenvalue weighted by atomic mass is 32.1. The van der Waals surface area contributed by atoms with Crippen molar-refractivity contribution in [3.05, 3.63) is 64.2 Å². The van der Waals surface area contributed by atoms with Crippen molar-refractivity contribution in [2.75, 3.05) is 5.32 Å². The number of hydrogen-bond acceptors (Lipinski definition) is 5. The Balaban J connectivity index is 1.61. The predicted octanol–water partition coefficient (Wildman–Crippen LogP) is 3.93. The number of nitrogens with one attached hydrogen (secondary N) is 2. The van der Waals surface area contributed by atoms with E-state index in [0.717, 1.165) is 9.56 Å². The van der Waals surface area contributed by atoms with Gasteiger partial charge in [0.2, 0.25) is 0 Å². The molecule has 146 valence electrons. The summed E-state index contributed by atoms with van der Waals surface area (Å²) in [6.07, 6.45) is -1.89. The molecule has 0 unspecified atom stereocenters. The fraction of sp³-hybridized carbons (Fsp3) is 0.278. The van der Waals surface area contributed by atoms with E-state index in [0.29, 0.717) is 5.69 Å². The quantitative estimate of drug-likeness (QED) is 0.688. The molecular formula is C18H16F3N5OS. The minimum atomic E-state index is -4.47. The topological polar surface area (TPSA) is 71.8 Å².